The summed E-state index contributed by atoms with van der Waals surface area (Å²) in [6.45, 7) is 4.14. The van der Waals surface area contributed by atoms with E-state index in [4.69, 9.17) is 9.47 Å². The molecule has 2 amide bonds. The van der Waals surface area contributed by atoms with Gasteiger partial charge in [-0.05, 0) is 35.7 Å². The molecular weight excluding hydrogens is 375 g/mol. The van der Waals surface area contributed by atoms with Crippen LogP contribution in [0.4, 0.5) is 10.1 Å². The molecule has 1 aliphatic heterocycles. The summed E-state index contributed by atoms with van der Waals surface area (Å²) in [5.41, 5.74) is 1.31. The molecule has 0 unspecified atom stereocenters. The minimum absolute atomic E-state index is 0.104. The standard InChI is InChI=1S/C22H23FN2O4/c1-13(2)12-25-21(26)19(14-5-7-15(23)8-6-14)20(22(25)27)24-17-10-9-16(28-3)11-18(17)29-4/h5-11,13,24H,12H2,1-4H3. The Balaban J connectivity index is 2.08. The largest absolute Gasteiger partial charge is 0.497 e. The van der Waals surface area contributed by atoms with Gasteiger partial charge < -0.3 is 14.8 Å². The molecule has 0 atom stereocenters. The van der Waals surface area contributed by atoms with Crippen LogP contribution >= 0.6 is 0 Å². The Bertz CT molecular complexity index is 967. The quantitative estimate of drug-likeness (QED) is 0.721. The molecule has 0 aromatic heterocycles. The third-order valence-corrected chi connectivity index (χ3v) is 4.52. The Morgan fingerprint density at radius 2 is 1.69 bits per heavy atom. The summed E-state index contributed by atoms with van der Waals surface area (Å²) in [7, 11) is 3.04. The number of rotatable bonds is 7. The minimum Gasteiger partial charge on any atom is -0.497 e. The summed E-state index contributed by atoms with van der Waals surface area (Å²) >= 11 is 0. The van der Waals surface area contributed by atoms with Gasteiger partial charge in [-0.3, -0.25) is 14.5 Å². The van der Waals surface area contributed by atoms with Crippen molar-refractivity contribution in [3.8, 4) is 11.5 Å². The lowest BCUT2D eigenvalue weighted by atomic mass is 10.0. The first-order valence-corrected chi connectivity index (χ1v) is 9.21. The van der Waals surface area contributed by atoms with Crippen molar-refractivity contribution >= 4 is 23.1 Å². The number of imide groups is 1. The van der Waals surface area contributed by atoms with Crippen LogP contribution < -0.4 is 14.8 Å². The highest BCUT2D eigenvalue weighted by Gasteiger charge is 2.39. The number of carbonyl (C=O) groups excluding carboxylic acids is 2. The predicted molar refractivity (Wildman–Crippen MR) is 108 cm³/mol. The number of benzene rings is 2. The van der Waals surface area contributed by atoms with Crippen molar-refractivity contribution in [3.63, 3.8) is 0 Å². The number of nitrogens with zero attached hydrogens (tertiary/aromatic N) is 1. The van der Waals surface area contributed by atoms with Crippen LogP contribution in [0.15, 0.2) is 48.2 Å². The van der Waals surface area contributed by atoms with Crippen molar-refractivity contribution in [1.29, 1.82) is 0 Å². The Morgan fingerprint density at radius 1 is 1.00 bits per heavy atom. The van der Waals surface area contributed by atoms with Crippen molar-refractivity contribution in [3.05, 3.63) is 59.5 Å². The number of carbonyl (C=O) groups is 2. The second-order valence-corrected chi connectivity index (χ2v) is 7.06. The molecule has 0 fully saturated rings. The number of hydrogen-bond donors (Lipinski definition) is 1. The summed E-state index contributed by atoms with van der Waals surface area (Å²) < 4.78 is 24.0. The number of amides is 2. The van der Waals surface area contributed by atoms with Crippen molar-refractivity contribution in [2.45, 2.75) is 13.8 Å². The summed E-state index contributed by atoms with van der Waals surface area (Å²) in [6, 6.07) is 10.6. The molecule has 29 heavy (non-hydrogen) atoms. The predicted octanol–water partition coefficient (Wildman–Crippen LogP) is 3.69. The summed E-state index contributed by atoms with van der Waals surface area (Å²) in [4.78, 5) is 27.3. The van der Waals surface area contributed by atoms with Crippen LogP contribution in [0.25, 0.3) is 5.57 Å². The molecule has 152 valence electrons. The average molecular weight is 398 g/mol. The maximum Gasteiger partial charge on any atom is 0.278 e. The number of halogens is 1. The first kappa shape index (κ1) is 20.4. The van der Waals surface area contributed by atoms with E-state index in [0.29, 0.717) is 22.7 Å². The van der Waals surface area contributed by atoms with Crippen molar-refractivity contribution in [1.82, 2.24) is 4.90 Å². The zero-order chi connectivity index (χ0) is 21.1. The minimum atomic E-state index is -0.430. The van der Waals surface area contributed by atoms with Gasteiger partial charge in [0.05, 0.1) is 25.5 Å². The second-order valence-electron chi connectivity index (χ2n) is 7.06. The van der Waals surface area contributed by atoms with Gasteiger partial charge in [0.25, 0.3) is 11.8 Å². The fraction of sp³-hybridized carbons (Fsp3) is 0.273. The van der Waals surface area contributed by atoms with Crippen LogP contribution in [0.2, 0.25) is 0 Å². The molecule has 2 aromatic carbocycles. The fourth-order valence-electron chi connectivity index (χ4n) is 3.14. The Labute approximate surface area is 168 Å². The average Bonchev–Trinajstić information content (AvgIpc) is 2.93. The summed E-state index contributed by atoms with van der Waals surface area (Å²) in [5, 5.41) is 3.05. The van der Waals surface area contributed by atoms with Gasteiger partial charge in [-0.25, -0.2) is 4.39 Å². The van der Waals surface area contributed by atoms with Gasteiger partial charge in [0, 0.05) is 12.6 Å². The van der Waals surface area contributed by atoms with E-state index in [1.165, 1.54) is 36.3 Å². The first-order valence-electron chi connectivity index (χ1n) is 9.21. The van der Waals surface area contributed by atoms with Gasteiger partial charge in [0.15, 0.2) is 0 Å². The lowest BCUT2D eigenvalue weighted by Gasteiger charge is -2.18. The maximum absolute atomic E-state index is 13.4. The molecule has 1 N–H and O–H groups in total. The maximum atomic E-state index is 13.4. The third-order valence-electron chi connectivity index (χ3n) is 4.52. The number of ether oxygens (including phenoxy) is 2. The summed E-state index contributed by atoms with van der Waals surface area (Å²) in [5.74, 6) is -0.108. The topological polar surface area (TPSA) is 67.9 Å². The zero-order valence-corrected chi connectivity index (χ0v) is 16.8. The first-order chi connectivity index (χ1) is 13.8. The normalized spacial score (nSPS) is 14.1. The Hall–Kier alpha value is -3.35. The van der Waals surface area contributed by atoms with Crippen LogP contribution in [0.5, 0.6) is 11.5 Å². The number of hydrogen-bond acceptors (Lipinski definition) is 5. The molecule has 0 radical (unpaired) electrons. The van der Waals surface area contributed by atoms with Gasteiger partial charge in [-0.1, -0.05) is 26.0 Å². The van der Waals surface area contributed by atoms with Gasteiger partial charge in [0.1, 0.15) is 23.0 Å². The SMILES string of the molecule is COc1ccc(NC2=C(c3ccc(F)cc3)C(=O)N(CC(C)C)C2=O)c(OC)c1. The van der Waals surface area contributed by atoms with Crippen LogP contribution in [0, 0.1) is 11.7 Å². The molecule has 0 aliphatic carbocycles. The van der Waals surface area contributed by atoms with Gasteiger partial charge in [-0.2, -0.15) is 0 Å². The molecule has 1 heterocycles. The van der Waals surface area contributed by atoms with E-state index >= 15 is 0 Å². The number of methoxy groups -OCH3 is 2. The van der Waals surface area contributed by atoms with Crippen LogP contribution in [0.3, 0.4) is 0 Å². The highest BCUT2D eigenvalue weighted by Crippen LogP contribution is 2.35. The van der Waals surface area contributed by atoms with Gasteiger partial charge in [-0.15, -0.1) is 0 Å². The van der Waals surface area contributed by atoms with Crippen molar-refractivity contribution < 1.29 is 23.5 Å². The van der Waals surface area contributed by atoms with Crippen LogP contribution in [-0.2, 0) is 9.59 Å². The molecule has 6 nitrogen and oxygen atoms in total. The van der Waals surface area contributed by atoms with E-state index in [1.54, 1.807) is 25.3 Å². The van der Waals surface area contributed by atoms with Crippen LogP contribution in [-0.4, -0.2) is 37.5 Å². The van der Waals surface area contributed by atoms with Gasteiger partial charge >= 0.3 is 0 Å². The Kier molecular flexibility index (Phi) is 5.87. The van der Waals surface area contributed by atoms with Crippen LogP contribution in [0.1, 0.15) is 19.4 Å². The lowest BCUT2D eigenvalue weighted by Crippen LogP contribution is -2.35. The highest BCUT2D eigenvalue weighted by molar-refractivity contribution is 6.36. The molecule has 0 saturated carbocycles. The van der Waals surface area contributed by atoms with E-state index in [9.17, 15) is 14.0 Å². The van der Waals surface area contributed by atoms with E-state index in [2.05, 4.69) is 5.32 Å². The lowest BCUT2D eigenvalue weighted by molar-refractivity contribution is -0.137. The van der Waals surface area contributed by atoms with E-state index in [1.807, 2.05) is 13.8 Å². The fourth-order valence-corrected chi connectivity index (χ4v) is 3.14. The van der Waals surface area contributed by atoms with E-state index in [-0.39, 0.29) is 23.7 Å². The van der Waals surface area contributed by atoms with E-state index < -0.39 is 17.6 Å². The van der Waals surface area contributed by atoms with Crippen molar-refractivity contribution in [2.75, 3.05) is 26.1 Å². The molecule has 0 bridgehead atoms. The highest BCUT2D eigenvalue weighted by atomic mass is 19.1. The zero-order valence-electron chi connectivity index (χ0n) is 16.8. The second kappa shape index (κ2) is 8.34. The molecule has 7 heteroatoms. The summed E-state index contributed by atoms with van der Waals surface area (Å²) in [6.07, 6.45) is 0. The van der Waals surface area contributed by atoms with Gasteiger partial charge in [0.2, 0.25) is 0 Å². The molecular formula is C22H23FN2O4. The van der Waals surface area contributed by atoms with E-state index in [0.717, 1.165) is 0 Å². The smallest absolute Gasteiger partial charge is 0.278 e. The Morgan fingerprint density at radius 3 is 2.28 bits per heavy atom. The molecule has 0 spiro atoms. The number of nitrogens with one attached hydrogen (secondary N) is 1. The molecule has 2 aromatic rings. The molecule has 0 saturated heterocycles. The number of anilines is 1. The third kappa shape index (κ3) is 4.08. The monoisotopic (exact) mass is 398 g/mol. The molecule has 1 aliphatic rings. The molecule has 3 rings (SSSR count). The van der Waals surface area contributed by atoms with Crippen molar-refractivity contribution in [2.24, 2.45) is 5.92 Å².